The van der Waals surface area contributed by atoms with Gasteiger partial charge in [0.1, 0.15) is 11.6 Å². The maximum atomic E-state index is 14.0. The fourth-order valence-corrected chi connectivity index (χ4v) is 2.80. The van der Waals surface area contributed by atoms with Crippen molar-refractivity contribution < 1.29 is 14.3 Å². The first-order valence-corrected chi connectivity index (χ1v) is 6.98. The Bertz CT molecular complexity index is 699. The maximum absolute atomic E-state index is 14.0. The Labute approximate surface area is 122 Å². The molecule has 2 aromatic carbocycles. The summed E-state index contributed by atoms with van der Waals surface area (Å²) in [6, 6.07) is 11.3. The van der Waals surface area contributed by atoms with Crippen molar-refractivity contribution in [3.8, 4) is 5.75 Å². The fraction of sp³-hybridized carbons (Fsp3) is 0.235. The highest BCUT2D eigenvalue weighted by Gasteiger charge is 2.30. The van der Waals surface area contributed by atoms with E-state index in [9.17, 15) is 14.3 Å². The molecule has 1 amide bonds. The summed E-state index contributed by atoms with van der Waals surface area (Å²) < 4.78 is 14.0. The smallest absolute Gasteiger partial charge is 0.261 e. The highest BCUT2D eigenvalue weighted by molar-refractivity contribution is 6.07. The highest BCUT2D eigenvalue weighted by atomic mass is 19.1. The lowest BCUT2D eigenvalue weighted by Gasteiger charge is -2.35. The Hall–Kier alpha value is -2.36. The van der Waals surface area contributed by atoms with Crippen LogP contribution in [-0.4, -0.2) is 17.1 Å². The second-order valence-corrected chi connectivity index (χ2v) is 5.36. The standard InChI is InChI=1S/C17H16FNO2/c1-11-6-7-12-4-2-3-5-16(12)19(11)17(21)14-9-8-13(20)10-15(14)18/h2-5,8-11,20H,6-7H2,1H3. The first kappa shape index (κ1) is 13.6. The van der Waals surface area contributed by atoms with Gasteiger partial charge in [-0.3, -0.25) is 4.79 Å². The molecule has 0 bridgehead atoms. The van der Waals surface area contributed by atoms with Crippen molar-refractivity contribution in [2.24, 2.45) is 0 Å². The molecule has 0 aromatic heterocycles. The molecule has 0 fully saturated rings. The zero-order valence-electron chi connectivity index (χ0n) is 11.7. The molecule has 21 heavy (non-hydrogen) atoms. The lowest BCUT2D eigenvalue weighted by atomic mass is 9.95. The molecule has 3 rings (SSSR count). The number of halogens is 1. The van der Waals surface area contributed by atoms with Gasteiger partial charge in [0.25, 0.3) is 5.91 Å². The summed E-state index contributed by atoms with van der Waals surface area (Å²) in [4.78, 5) is 14.4. The van der Waals surface area contributed by atoms with Gasteiger partial charge in [0.15, 0.2) is 0 Å². The van der Waals surface area contributed by atoms with Crippen LogP contribution in [0.2, 0.25) is 0 Å². The second kappa shape index (κ2) is 5.20. The molecule has 2 aromatic rings. The predicted octanol–water partition coefficient (Wildman–Crippen LogP) is 3.51. The molecular weight excluding hydrogens is 269 g/mol. The Kier molecular flexibility index (Phi) is 3.37. The molecular formula is C17H16FNO2. The van der Waals surface area contributed by atoms with Gasteiger partial charge < -0.3 is 10.0 Å². The van der Waals surface area contributed by atoms with Crippen molar-refractivity contribution in [1.29, 1.82) is 0 Å². The van der Waals surface area contributed by atoms with Crippen LogP contribution in [0.3, 0.4) is 0 Å². The molecule has 1 N–H and O–H groups in total. The monoisotopic (exact) mass is 285 g/mol. The Morgan fingerprint density at radius 1 is 1.29 bits per heavy atom. The average Bonchev–Trinajstić information content (AvgIpc) is 2.46. The van der Waals surface area contributed by atoms with Crippen LogP contribution in [0, 0.1) is 5.82 Å². The zero-order chi connectivity index (χ0) is 15.0. The number of para-hydroxylation sites is 1. The number of aryl methyl sites for hydroxylation is 1. The molecule has 1 atom stereocenters. The van der Waals surface area contributed by atoms with E-state index < -0.39 is 5.82 Å². The van der Waals surface area contributed by atoms with E-state index in [1.54, 1.807) is 4.90 Å². The summed E-state index contributed by atoms with van der Waals surface area (Å²) in [6.45, 7) is 1.96. The summed E-state index contributed by atoms with van der Waals surface area (Å²) in [7, 11) is 0. The Morgan fingerprint density at radius 2 is 2.05 bits per heavy atom. The van der Waals surface area contributed by atoms with Crippen molar-refractivity contribution in [1.82, 2.24) is 0 Å². The Morgan fingerprint density at radius 3 is 2.81 bits per heavy atom. The van der Waals surface area contributed by atoms with Gasteiger partial charge in [0.2, 0.25) is 0 Å². The third-order valence-corrected chi connectivity index (χ3v) is 3.93. The molecule has 108 valence electrons. The number of nitrogens with zero attached hydrogens (tertiary/aromatic N) is 1. The number of rotatable bonds is 1. The SMILES string of the molecule is CC1CCc2ccccc2N1C(=O)c1ccc(O)cc1F. The summed E-state index contributed by atoms with van der Waals surface area (Å²) in [6.07, 6.45) is 1.77. The lowest BCUT2D eigenvalue weighted by molar-refractivity contribution is 0.0971. The van der Waals surface area contributed by atoms with Crippen LogP contribution in [0.4, 0.5) is 10.1 Å². The van der Waals surface area contributed by atoms with Crippen LogP contribution in [-0.2, 0) is 6.42 Å². The van der Waals surface area contributed by atoms with Gasteiger partial charge in [0, 0.05) is 17.8 Å². The minimum atomic E-state index is -0.699. The number of anilines is 1. The number of phenols is 1. The summed E-state index contributed by atoms with van der Waals surface area (Å²) in [5.74, 6) is -1.25. The number of carbonyl (C=O) groups excluding carboxylic acids is 1. The second-order valence-electron chi connectivity index (χ2n) is 5.36. The van der Waals surface area contributed by atoms with Crippen LogP contribution < -0.4 is 4.90 Å². The normalized spacial score (nSPS) is 17.4. The number of benzene rings is 2. The number of phenolic OH excluding ortho intramolecular Hbond substituents is 1. The third kappa shape index (κ3) is 2.37. The first-order valence-electron chi connectivity index (χ1n) is 6.98. The van der Waals surface area contributed by atoms with E-state index in [1.807, 2.05) is 31.2 Å². The number of hydrogen-bond donors (Lipinski definition) is 1. The maximum Gasteiger partial charge on any atom is 0.261 e. The summed E-state index contributed by atoms with van der Waals surface area (Å²) in [5.41, 5.74) is 1.92. The number of carbonyl (C=O) groups is 1. The van der Waals surface area contributed by atoms with E-state index >= 15 is 0 Å². The third-order valence-electron chi connectivity index (χ3n) is 3.93. The van der Waals surface area contributed by atoms with E-state index in [0.29, 0.717) is 0 Å². The zero-order valence-corrected chi connectivity index (χ0v) is 11.7. The molecule has 1 aliphatic heterocycles. The average molecular weight is 285 g/mol. The van der Waals surface area contributed by atoms with Gasteiger partial charge in [-0.15, -0.1) is 0 Å². The van der Waals surface area contributed by atoms with Gasteiger partial charge in [-0.05, 0) is 43.5 Å². The van der Waals surface area contributed by atoms with Crippen LogP contribution in [0.15, 0.2) is 42.5 Å². The van der Waals surface area contributed by atoms with Gasteiger partial charge >= 0.3 is 0 Å². The van der Waals surface area contributed by atoms with Crippen molar-refractivity contribution in [3.63, 3.8) is 0 Å². The number of amides is 1. The van der Waals surface area contributed by atoms with Gasteiger partial charge in [-0.1, -0.05) is 18.2 Å². The van der Waals surface area contributed by atoms with E-state index in [2.05, 4.69) is 0 Å². The quantitative estimate of drug-likeness (QED) is 0.871. The minimum Gasteiger partial charge on any atom is -0.508 e. The Balaban J connectivity index is 2.05. The van der Waals surface area contributed by atoms with E-state index in [0.717, 1.165) is 30.2 Å². The van der Waals surface area contributed by atoms with Crippen molar-refractivity contribution in [2.45, 2.75) is 25.8 Å². The molecule has 1 unspecified atom stereocenters. The number of aromatic hydroxyl groups is 1. The lowest BCUT2D eigenvalue weighted by Crippen LogP contribution is -2.42. The van der Waals surface area contributed by atoms with Crippen molar-refractivity contribution in [2.75, 3.05) is 4.90 Å². The topological polar surface area (TPSA) is 40.5 Å². The number of hydrogen-bond acceptors (Lipinski definition) is 2. The molecule has 0 radical (unpaired) electrons. The summed E-state index contributed by atoms with van der Waals surface area (Å²) in [5, 5.41) is 9.27. The molecule has 0 saturated carbocycles. The molecule has 4 heteroatoms. The predicted molar refractivity (Wildman–Crippen MR) is 79.1 cm³/mol. The van der Waals surface area contributed by atoms with Crippen LogP contribution >= 0.6 is 0 Å². The van der Waals surface area contributed by atoms with E-state index in [-0.39, 0.29) is 23.3 Å². The molecule has 1 heterocycles. The molecule has 0 aliphatic carbocycles. The molecule has 1 aliphatic rings. The van der Waals surface area contributed by atoms with Gasteiger partial charge in [-0.2, -0.15) is 0 Å². The van der Waals surface area contributed by atoms with Crippen LogP contribution in [0.25, 0.3) is 0 Å². The van der Waals surface area contributed by atoms with Crippen LogP contribution in [0.1, 0.15) is 29.3 Å². The fourth-order valence-electron chi connectivity index (χ4n) is 2.80. The minimum absolute atomic E-state index is 0.0144. The van der Waals surface area contributed by atoms with Gasteiger partial charge in [0.05, 0.1) is 5.56 Å². The largest absolute Gasteiger partial charge is 0.508 e. The number of fused-ring (bicyclic) bond motifs is 1. The van der Waals surface area contributed by atoms with E-state index in [4.69, 9.17) is 0 Å². The highest BCUT2D eigenvalue weighted by Crippen LogP contribution is 2.32. The van der Waals surface area contributed by atoms with Crippen molar-refractivity contribution >= 4 is 11.6 Å². The molecule has 0 spiro atoms. The van der Waals surface area contributed by atoms with Crippen LogP contribution in [0.5, 0.6) is 5.75 Å². The summed E-state index contributed by atoms with van der Waals surface area (Å²) >= 11 is 0. The van der Waals surface area contributed by atoms with Gasteiger partial charge in [-0.25, -0.2) is 4.39 Å². The van der Waals surface area contributed by atoms with E-state index in [1.165, 1.54) is 12.1 Å². The first-order chi connectivity index (χ1) is 10.1. The molecule has 0 saturated heterocycles. The van der Waals surface area contributed by atoms with Crippen molar-refractivity contribution in [3.05, 3.63) is 59.4 Å². The molecule has 3 nitrogen and oxygen atoms in total.